The number of benzene rings is 1. The van der Waals surface area contributed by atoms with Crippen molar-refractivity contribution in [1.29, 1.82) is 5.26 Å². The molecule has 2 unspecified atom stereocenters. The standard InChI is InChI=1S/C28H31FN8O4S/c1-15(2)32-23-20(12-31-22(24(23)37(39)40)19-9-6-16(11-30)10-21(19)29)25-33-34-26(42-25)35-13-17-7-8-18(14-35)36(17)27(38)41-28(3,4)5/h6,9-10,12,15,17-18H,7-8,13-14H2,1-5H3,(H,31,32). The van der Waals surface area contributed by atoms with Gasteiger partial charge in [-0.1, -0.05) is 11.3 Å². The smallest absolute Gasteiger partial charge is 0.410 e. The molecule has 220 valence electrons. The Morgan fingerprint density at radius 3 is 2.50 bits per heavy atom. The quantitative estimate of drug-likeness (QED) is 0.282. The van der Waals surface area contributed by atoms with Crippen LogP contribution in [0.25, 0.3) is 21.8 Å². The van der Waals surface area contributed by atoms with Crippen molar-refractivity contribution in [2.75, 3.05) is 23.3 Å². The highest BCUT2D eigenvalue weighted by atomic mass is 32.1. The normalized spacial score (nSPS) is 18.2. The van der Waals surface area contributed by atoms with Gasteiger partial charge in [-0.3, -0.25) is 15.0 Å². The predicted molar refractivity (Wildman–Crippen MR) is 156 cm³/mol. The van der Waals surface area contributed by atoms with E-state index in [0.29, 0.717) is 28.8 Å². The maximum Gasteiger partial charge on any atom is 0.410 e. The third-order valence-corrected chi connectivity index (χ3v) is 8.04. The van der Waals surface area contributed by atoms with Crippen molar-refractivity contribution < 1.29 is 18.8 Å². The molecule has 2 aliphatic rings. The number of carbonyl (C=O) groups is 1. The highest BCUT2D eigenvalue weighted by Gasteiger charge is 2.45. The van der Waals surface area contributed by atoms with Crippen LogP contribution in [0, 0.1) is 27.3 Å². The SMILES string of the molecule is CC(C)Nc1c(-c2nnc(N3CC4CCC(C3)N4C(=O)OC(C)(C)C)s2)cnc(-c2ccc(C#N)cc2F)c1[N+](=O)[O-]. The second kappa shape index (κ2) is 11.1. The topological polar surface area (TPSA) is 150 Å². The predicted octanol–water partition coefficient (Wildman–Crippen LogP) is 5.59. The van der Waals surface area contributed by atoms with Gasteiger partial charge in [0.15, 0.2) is 10.7 Å². The number of amides is 1. The number of carbonyl (C=O) groups excluding carboxylic acids is 1. The van der Waals surface area contributed by atoms with Crippen LogP contribution in [0.5, 0.6) is 0 Å². The lowest BCUT2D eigenvalue weighted by Gasteiger charge is -2.41. The van der Waals surface area contributed by atoms with Crippen LogP contribution in [0.3, 0.4) is 0 Å². The summed E-state index contributed by atoms with van der Waals surface area (Å²) in [6.45, 7) is 10.3. The molecule has 5 rings (SSSR count). The number of nitrogens with one attached hydrogen (secondary N) is 1. The summed E-state index contributed by atoms with van der Waals surface area (Å²) in [6, 6.07) is 5.35. The van der Waals surface area contributed by atoms with Gasteiger partial charge < -0.3 is 15.0 Å². The maximum absolute atomic E-state index is 14.9. The van der Waals surface area contributed by atoms with Gasteiger partial charge in [-0.15, -0.1) is 10.2 Å². The summed E-state index contributed by atoms with van der Waals surface area (Å²) >= 11 is 1.27. The van der Waals surface area contributed by atoms with Crippen molar-refractivity contribution in [1.82, 2.24) is 20.1 Å². The lowest BCUT2D eigenvalue weighted by molar-refractivity contribution is -0.383. The highest BCUT2D eigenvalue weighted by Crippen LogP contribution is 2.44. The molecular weight excluding hydrogens is 563 g/mol. The molecule has 0 saturated carbocycles. The molecule has 0 radical (unpaired) electrons. The first-order chi connectivity index (χ1) is 19.9. The summed E-state index contributed by atoms with van der Waals surface area (Å²) in [7, 11) is 0. The molecule has 2 bridgehead atoms. The summed E-state index contributed by atoms with van der Waals surface area (Å²) < 4.78 is 20.6. The minimum absolute atomic E-state index is 0.0199. The number of halogens is 1. The summed E-state index contributed by atoms with van der Waals surface area (Å²) in [5.41, 5.74) is -0.609. The van der Waals surface area contributed by atoms with Crippen molar-refractivity contribution in [2.24, 2.45) is 0 Å². The van der Waals surface area contributed by atoms with E-state index in [9.17, 15) is 19.3 Å². The van der Waals surface area contributed by atoms with Crippen LogP contribution in [0.4, 0.5) is 25.7 Å². The molecule has 12 nitrogen and oxygen atoms in total. The van der Waals surface area contributed by atoms with Gasteiger partial charge in [0.1, 0.15) is 17.1 Å². The highest BCUT2D eigenvalue weighted by molar-refractivity contribution is 7.18. The van der Waals surface area contributed by atoms with E-state index in [4.69, 9.17) is 10.00 Å². The van der Waals surface area contributed by atoms with E-state index in [2.05, 4.69) is 25.4 Å². The van der Waals surface area contributed by atoms with E-state index < -0.39 is 22.0 Å². The number of aromatic nitrogens is 3. The van der Waals surface area contributed by atoms with Crippen LogP contribution in [0.1, 0.15) is 53.0 Å². The van der Waals surface area contributed by atoms with Gasteiger partial charge in [-0.25, -0.2) is 14.2 Å². The fourth-order valence-corrected chi connectivity index (χ4v) is 6.25. The number of hydrogen-bond donors (Lipinski definition) is 1. The lowest BCUT2D eigenvalue weighted by atomic mass is 10.0. The Balaban J connectivity index is 1.48. The van der Waals surface area contributed by atoms with Gasteiger partial charge in [0, 0.05) is 30.9 Å². The van der Waals surface area contributed by atoms with Crippen molar-refractivity contribution in [3.63, 3.8) is 0 Å². The van der Waals surface area contributed by atoms with Gasteiger partial charge in [-0.05, 0) is 65.7 Å². The summed E-state index contributed by atoms with van der Waals surface area (Å²) in [6.07, 6.45) is 2.84. The van der Waals surface area contributed by atoms with Gasteiger partial charge >= 0.3 is 11.8 Å². The summed E-state index contributed by atoms with van der Waals surface area (Å²) in [4.78, 5) is 32.9. The number of ether oxygens (including phenoxy) is 1. The van der Waals surface area contributed by atoms with E-state index in [1.54, 1.807) is 0 Å². The number of nitrogens with zero attached hydrogens (tertiary/aromatic N) is 7. The van der Waals surface area contributed by atoms with Crippen molar-refractivity contribution in [3.8, 4) is 27.9 Å². The van der Waals surface area contributed by atoms with E-state index in [0.717, 1.165) is 18.9 Å². The molecule has 2 aliphatic heterocycles. The molecule has 2 aromatic heterocycles. The fraction of sp³-hybridized carbons (Fsp3) is 0.464. The molecule has 3 aromatic rings. The Morgan fingerprint density at radius 2 is 1.93 bits per heavy atom. The molecule has 2 saturated heterocycles. The van der Waals surface area contributed by atoms with Crippen LogP contribution in [0.2, 0.25) is 0 Å². The molecular formula is C28H31FN8O4S. The second-order valence-corrected chi connectivity index (χ2v) is 12.6. The van der Waals surface area contributed by atoms with Gasteiger partial charge in [0.25, 0.3) is 0 Å². The zero-order valence-corrected chi connectivity index (χ0v) is 24.7. The van der Waals surface area contributed by atoms with Crippen molar-refractivity contribution in [2.45, 2.75) is 71.2 Å². The van der Waals surface area contributed by atoms with Crippen molar-refractivity contribution in [3.05, 3.63) is 45.9 Å². The van der Waals surface area contributed by atoms with Crippen molar-refractivity contribution >= 4 is 33.9 Å². The maximum atomic E-state index is 14.9. The van der Waals surface area contributed by atoms with Crippen LogP contribution in [-0.2, 0) is 4.74 Å². The molecule has 0 spiro atoms. The number of rotatable bonds is 6. The van der Waals surface area contributed by atoms with Crippen LogP contribution >= 0.6 is 11.3 Å². The zero-order valence-electron chi connectivity index (χ0n) is 23.9. The molecule has 1 amide bonds. The first kappa shape index (κ1) is 29.1. The molecule has 2 atom stereocenters. The monoisotopic (exact) mass is 594 g/mol. The molecule has 0 aliphatic carbocycles. The second-order valence-electron chi connectivity index (χ2n) is 11.7. The summed E-state index contributed by atoms with van der Waals surface area (Å²) in [5, 5.41) is 34.4. The number of nitro groups is 1. The van der Waals surface area contributed by atoms with Gasteiger partial charge in [0.2, 0.25) is 5.13 Å². The van der Waals surface area contributed by atoms with Crippen LogP contribution < -0.4 is 10.2 Å². The minimum atomic E-state index is -0.786. The number of fused-ring (bicyclic) bond motifs is 2. The van der Waals surface area contributed by atoms with Gasteiger partial charge in [-0.2, -0.15) is 5.26 Å². The van der Waals surface area contributed by atoms with E-state index >= 15 is 0 Å². The molecule has 4 heterocycles. The number of nitriles is 1. The van der Waals surface area contributed by atoms with E-state index in [1.165, 1.54) is 29.7 Å². The number of anilines is 2. The number of pyridine rings is 1. The first-order valence-electron chi connectivity index (χ1n) is 13.6. The Kier molecular flexibility index (Phi) is 7.72. The van der Waals surface area contributed by atoms with Crippen LogP contribution in [0.15, 0.2) is 24.4 Å². The number of piperazine rings is 1. The molecule has 42 heavy (non-hydrogen) atoms. The Morgan fingerprint density at radius 1 is 1.24 bits per heavy atom. The van der Waals surface area contributed by atoms with Crippen LogP contribution in [-0.4, -0.2) is 67.9 Å². The Hall–Kier alpha value is -4.38. The molecule has 14 heteroatoms. The zero-order chi connectivity index (χ0) is 30.3. The number of hydrogen-bond acceptors (Lipinski definition) is 11. The largest absolute Gasteiger partial charge is 0.444 e. The first-order valence-corrected chi connectivity index (χ1v) is 14.4. The van der Waals surface area contributed by atoms with E-state index in [1.807, 2.05) is 45.6 Å². The Bertz CT molecular complexity index is 1570. The average Bonchev–Trinajstić information content (AvgIpc) is 3.49. The van der Waals surface area contributed by atoms with Gasteiger partial charge in [0.05, 0.1) is 34.2 Å². The molecule has 1 aromatic carbocycles. The lowest BCUT2D eigenvalue weighted by Crippen LogP contribution is -2.56. The molecule has 2 fully saturated rings. The minimum Gasteiger partial charge on any atom is -0.444 e. The fourth-order valence-electron chi connectivity index (χ4n) is 5.37. The Labute approximate surface area is 246 Å². The third-order valence-electron chi connectivity index (χ3n) is 7.02. The molecule has 1 N–H and O–H groups in total. The summed E-state index contributed by atoms with van der Waals surface area (Å²) in [5.74, 6) is -0.786. The van der Waals surface area contributed by atoms with E-state index in [-0.39, 0.29) is 46.7 Å². The third kappa shape index (κ3) is 5.69. The average molecular weight is 595 g/mol.